The van der Waals surface area contributed by atoms with Crippen molar-refractivity contribution >= 4 is 11.9 Å². The monoisotopic (exact) mass is 294 g/mol. The van der Waals surface area contributed by atoms with Crippen LogP contribution in [-0.2, 0) is 14.3 Å². The van der Waals surface area contributed by atoms with Crippen LogP contribution < -0.4 is 4.74 Å². The van der Waals surface area contributed by atoms with Gasteiger partial charge in [0.2, 0.25) is 0 Å². The maximum atomic E-state index is 12.5. The van der Waals surface area contributed by atoms with Gasteiger partial charge in [0.05, 0.1) is 6.61 Å². The molecule has 0 fully saturated rings. The van der Waals surface area contributed by atoms with Gasteiger partial charge in [-0.25, -0.2) is 9.18 Å². The summed E-state index contributed by atoms with van der Waals surface area (Å²) in [4.78, 5) is 19.8. The summed E-state index contributed by atoms with van der Waals surface area (Å²) in [6.45, 7) is 3.65. The number of carbonyl (C=O) groups is 2. The number of rotatable bonds is 4. The van der Waals surface area contributed by atoms with Gasteiger partial charge >= 0.3 is 18.0 Å². The Hall–Kier alpha value is -2.25. The number of ether oxygens (including phenoxy) is 2. The van der Waals surface area contributed by atoms with Crippen molar-refractivity contribution in [2.75, 3.05) is 6.61 Å². The Labute approximate surface area is 112 Å². The summed E-state index contributed by atoms with van der Waals surface area (Å²) in [5, 5.41) is 8.00. The average Bonchev–Trinajstić information content (AvgIpc) is 2.28. The van der Waals surface area contributed by atoms with Crippen molar-refractivity contribution in [2.45, 2.75) is 20.0 Å². The van der Waals surface area contributed by atoms with Crippen molar-refractivity contribution in [3.05, 3.63) is 30.1 Å². The Kier molecular flexibility index (Phi) is 7.12. The van der Waals surface area contributed by atoms with Gasteiger partial charge in [0.1, 0.15) is 11.6 Å². The number of esters is 1. The maximum absolute atomic E-state index is 12.5. The summed E-state index contributed by atoms with van der Waals surface area (Å²) >= 11 is 0. The minimum Gasteiger partial charge on any atom is -0.474 e. The van der Waals surface area contributed by atoms with Gasteiger partial charge < -0.3 is 14.6 Å². The molecule has 0 saturated heterocycles. The molecule has 1 aromatic carbocycles. The molecule has 0 aliphatic carbocycles. The van der Waals surface area contributed by atoms with Gasteiger partial charge in [-0.15, -0.1) is 0 Å². The summed E-state index contributed by atoms with van der Waals surface area (Å²) in [7, 11) is 0. The van der Waals surface area contributed by atoms with Gasteiger partial charge in [0.15, 0.2) is 0 Å². The van der Waals surface area contributed by atoms with Crippen molar-refractivity contribution in [3.8, 4) is 5.75 Å². The fraction of sp³-hybridized carbons (Fsp3) is 0.333. The minimum atomic E-state index is -4.35. The van der Waals surface area contributed by atoms with Crippen molar-refractivity contribution in [1.82, 2.24) is 0 Å². The average molecular weight is 294 g/mol. The second kappa shape index (κ2) is 8.03. The lowest BCUT2D eigenvalue weighted by atomic mass is 10.3. The van der Waals surface area contributed by atoms with E-state index >= 15 is 0 Å². The molecule has 0 atom stereocenters. The molecule has 5 nitrogen and oxygen atoms in total. The highest BCUT2D eigenvalue weighted by molar-refractivity contribution is 5.73. The normalized spacial score (nSPS) is 10.1. The van der Waals surface area contributed by atoms with Crippen LogP contribution in [-0.4, -0.2) is 29.8 Å². The Balaban J connectivity index is 0.000000511. The Morgan fingerprint density at radius 3 is 2.30 bits per heavy atom. The lowest BCUT2D eigenvalue weighted by Gasteiger charge is -2.12. The fourth-order valence-corrected chi connectivity index (χ4v) is 0.925. The highest BCUT2D eigenvalue weighted by Gasteiger charge is 2.42. The topological polar surface area (TPSA) is 72.8 Å². The molecule has 1 rings (SSSR count). The predicted molar refractivity (Wildman–Crippen MR) is 61.9 cm³/mol. The van der Waals surface area contributed by atoms with Crippen LogP contribution in [0.1, 0.15) is 13.8 Å². The maximum Gasteiger partial charge on any atom is 0.501 e. The zero-order chi connectivity index (χ0) is 15.8. The van der Waals surface area contributed by atoms with Gasteiger partial charge in [0.25, 0.3) is 0 Å². The molecule has 0 spiro atoms. The number of alkyl halides is 2. The molecule has 112 valence electrons. The Bertz CT molecular complexity index is 462. The predicted octanol–water partition coefficient (Wildman–Crippen LogP) is 2.45. The van der Waals surface area contributed by atoms with Gasteiger partial charge in [-0.2, -0.15) is 8.78 Å². The first-order valence-electron chi connectivity index (χ1n) is 5.38. The van der Waals surface area contributed by atoms with E-state index in [1.54, 1.807) is 6.92 Å². The van der Waals surface area contributed by atoms with Crippen LogP contribution in [0.2, 0.25) is 0 Å². The molecular formula is C12H13F3O5. The van der Waals surface area contributed by atoms with E-state index < -0.39 is 23.6 Å². The molecule has 0 bridgehead atoms. The largest absolute Gasteiger partial charge is 0.501 e. The summed E-state index contributed by atoms with van der Waals surface area (Å²) in [5.74, 6) is -3.97. The third-order valence-corrected chi connectivity index (χ3v) is 1.64. The van der Waals surface area contributed by atoms with Crippen LogP contribution in [0.5, 0.6) is 5.75 Å². The lowest BCUT2D eigenvalue weighted by Crippen LogP contribution is -2.34. The standard InChI is InChI=1S/C8H5F3O3.C4H8O2/c9-5-2-1-3-6(4-5)14-8(10,11)7(12)13;1-3-6-4(2)5/h1-4H,(H,12,13);3H2,1-2H3. The molecule has 0 saturated carbocycles. The third-order valence-electron chi connectivity index (χ3n) is 1.64. The van der Waals surface area contributed by atoms with E-state index in [4.69, 9.17) is 5.11 Å². The summed E-state index contributed by atoms with van der Waals surface area (Å²) in [5.41, 5.74) is 0. The number of carboxylic acid groups (broad SMARTS) is 1. The number of hydrogen-bond donors (Lipinski definition) is 1. The summed E-state index contributed by atoms with van der Waals surface area (Å²) in [6.07, 6.45) is -4.35. The number of benzene rings is 1. The molecule has 1 N–H and O–H groups in total. The van der Waals surface area contributed by atoms with E-state index in [0.29, 0.717) is 12.7 Å². The van der Waals surface area contributed by atoms with Crippen LogP contribution in [0.15, 0.2) is 24.3 Å². The second-order valence-corrected chi connectivity index (χ2v) is 3.31. The highest BCUT2D eigenvalue weighted by atomic mass is 19.3. The van der Waals surface area contributed by atoms with Gasteiger partial charge in [0, 0.05) is 13.0 Å². The van der Waals surface area contributed by atoms with E-state index in [0.717, 1.165) is 18.2 Å². The lowest BCUT2D eigenvalue weighted by molar-refractivity contribution is -0.210. The smallest absolute Gasteiger partial charge is 0.474 e. The number of halogens is 3. The minimum absolute atomic E-state index is 0.211. The summed E-state index contributed by atoms with van der Waals surface area (Å²) < 4.78 is 45.5. The van der Waals surface area contributed by atoms with E-state index in [9.17, 15) is 22.8 Å². The zero-order valence-electron chi connectivity index (χ0n) is 10.7. The molecule has 0 unspecified atom stereocenters. The van der Waals surface area contributed by atoms with Crippen LogP contribution in [0, 0.1) is 5.82 Å². The van der Waals surface area contributed by atoms with Crippen molar-refractivity contribution < 1.29 is 37.3 Å². The van der Waals surface area contributed by atoms with Crippen molar-refractivity contribution in [3.63, 3.8) is 0 Å². The molecule has 0 aliphatic heterocycles. The van der Waals surface area contributed by atoms with Crippen LogP contribution >= 0.6 is 0 Å². The van der Waals surface area contributed by atoms with Crippen molar-refractivity contribution in [2.24, 2.45) is 0 Å². The number of carbonyl (C=O) groups excluding carboxylic acids is 1. The second-order valence-electron chi connectivity index (χ2n) is 3.31. The molecule has 20 heavy (non-hydrogen) atoms. The van der Waals surface area contributed by atoms with Crippen LogP contribution in [0.4, 0.5) is 13.2 Å². The fourth-order valence-electron chi connectivity index (χ4n) is 0.925. The Morgan fingerprint density at radius 2 is 1.95 bits per heavy atom. The molecule has 0 aromatic heterocycles. The van der Waals surface area contributed by atoms with Gasteiger partial charge in [-0.1, -0.05) is 6.07 Å². The third kappa shape index (κ3) is 7.24. The number of aliphatic carboxylic acids is 1. The van der Waals surface area contributed by atoms with E-state index in [1.807, 2.05) is 0 Å². The highest BCUT2D eigenvalue weighted by Crippen LogP contribution is 2.22. The molecule has 1 aromatic rings. The van der Waals surface area contributed by atoms with Crippen molar-refractivity contribution in [1.29, 1.82) is 0 Å². The SMILES string of the molecule is CCOC(C)=O.O=C(O)C(F)(F)Oc1cccc(F)c1. The zero-order valence-corrected chi connectivity index (χ0v) is 10.7. The Morgan fingerprint density at radius 1 is 1.35 bits per heavy atom. The van der Waals surface area contributed by atoms with E-state index in [-0.39, 0.29) is 5.97 Å². The molecule has 0 amide bonds. The quantitative estimate of drug-likeness (QED) is 0.863. The van der Waals surface area contributed by atoms with E-state index in [1.165, 1.54) is 6.92 Å². The molecule has 0 heterocycles. The summed E-state index contributed by atoms with van der Waals surface area (Å²) in [6, 6.07) is 3.84. The molecule has 8 heteroatoms. The number of carboxylic acids is 1. The van der Waals surface area contributed by atoms with Gasteiger partial charge in [-0.05, 0) is 19.1 Å². The van der Waals surface area contributed by atoms with Gasteiger partial charge in [-0.3, -0.25) is 4.79 Å². The molecule has 0 aliphatic rings. The first kappa shape index (κ1) is 17.8. The van der Waals surface area contributed by atoms with Crippen LogP contribution in [0.3, 0.4) is 0 Å². The van der Waals surface area contributed by atoms with E-state index in [2.05, 4.69) is 9.47 Å². The molecular weight excluding hydrogens is 281 g/mol. The first-order chi connectivity index (χ1) is 9.19. The van der Waals surface area contributed by atoms with Crippen LogP contribution in [0.25, 0.3) is 0 Å². The number of hydrogen-bond acceptors (Lipinski definition) is 4. The first-order valence-corrected chi connectivity index (χ1v) is 5.38. The molecule has 0 radical (unpaired) electrons.